The van der Waals surface area contributed by atoms with Crippen molar-refractivity contribution in [2.75, 3.05) is 13.2 Å². The Morgan fingerprint density at radius 3 is 2.52 bits per heavy atom. The van der Waals surface area contributed by atoms with Crippen molar-refractivity contribution < 1.29 is 4.74 Å². The van der Waals surface area contributed by atoms with Crippen molar-refractivity contribution in [3.63, 3.8) is 0 Å². The topological polar surface area (TPSA) is 21.3 Å². The van der Waals surface area contributed by atoms with Gasteiger partial charge in [-0.15, -0.1) is 0 Å². The summed E-state index contributed by atoms with van der Waals surface area (Å²) in [4.78, 5) is 0. The lowest BCUT2D eigenvalue weighted by molar-refractivity contribution is -0.0549. The SMILES string of the molecule is CCCNC(Cc1cccc(Cl)c1Cl)C(C)(CC)OCC. The highest BCUT2D eigenvalue weighted by molar-refractivity contribution is 6.42. The highest BCUT2D eigenvalue weighted by Gasteiger charge is 2.33. The molecule has 0 aliphatic carbocycles. The van der Waals surface area contributed by atoms with Crippen molar-refractivity contribution in [3.05, 3.63) is 33.8 Å². The monoisotopic (exact) mass is 331 g/mol. The third kappa shape index (κ3) is 5.14. The minimum Gasteiger partial charge on any atom is -0.374 e. The molecule has 0 saturated carbocycles. The predicted octanol–water partition coefficient (Wildman–Crippen LogP) is 5.11. The average Bonchev–Trinajstić information content (AvgIpc) is 2.47. The van der Waals surface area contributed by atoms with Crippen LogP contribution in [0.3, 0.4) is 0 Å². The molecule has 0 spiro atoms. The Hall–Kier alpha value is -0.280. The average molecular weight is 332 g/mol. The number of hydrogen-bond donors (Lipinski definition) is 1. The maximum Gasteiger partial charge on any atom is 0.0807 e. The molecule has 0 aliphatic heterocycles. The van der Waals surface area contributed by atoms with Crippen molar-refractivity contribution in [3.8, 4) is 0 Å². The fourth-order valence-electron chi connectivity index (χ4n) is 2.53. The summed E-state index contributed by atoms with van der Waals surface area (Å²) in [7, 11) is 0. The van der Waals surface area contributed by atoms with Crippen molar-refractivity contribution in [2.45, 2.75) is 58.6 Å². The van der Waals surface area contributed by atoms with Gasteiger partial charge in [0.05, 0.1) is 15.6 Å². The molecule has 2 nitrogen and oxygen atoms in total. The van der Waals surface area contributed by atoms with E-state index in [-0.39, 0.29) is 11.6 Å². The van der Waals surface area contributed by atoms with Gasteiger partial charge in [-0.25, -0.2) is 0 Å². The predicted molar refractivity (Wildman–Crippen MR) is 92.6 cm³/mol. The van der Waals surface area contributed by atoms with Crippen molar-refractivity contribution >= 4 is 23.2 Å². The first-order chi connectivity index (χ1) is 9.98. The van der Waals surface area contributed by atoms with Gasteiger partial charge in [0, 0.05) is 12.6 Å². The summed E-state index contributed by atoms with van der Waals surface area (Å²) < 4.78 is 6.04. The van der Waals surface area contributed by atoms with Gasteiger partial charge in [-0.05, 0) is 51.3 Å². The normalized spacial score (nSPS) is 15.7. The van der Waals surface area contributed by atoms with E-state index < -0.39 is 0 Å². The molecule has 0 aliphatic rings. The summed E-state index contributed by atoms with van der Waals surface area (Å²) in [6.45, 7) is 10.2. The van der Waals surface area contributed by atoms with Crippen LogP contribution in [0.4, 0.5) is 0 Å². The van der Waals surface area contributed by atoms with Crippen molar-refractivity contribution in [1.82, 2.24) is 5.32 Å². The number of benzene rings is 1. The van der Waals surface area contributed by atoms with Gasteiger partial charge < -0.3 is 10.1 Å². The first-order valence-electron chi connectivity index (χ1n) is 7.78. The second-order valence-corrected chi connectivity index (χ2v) is 6.31. The standard InChI is InChI=1S/C17H27Cl2NO/c1-5-11-20-15(17(4,6-2)21-7-3)12-13-9-8-10-14(18)16(13)19/h8-10,15,20H,5-7,11-12H2,1-4H3. The van der Waals surface area contributed by atoms with Gasteiger partial charge in [0.15, 0.2) is 0 Å². The minimum absolute atomic E-state index is 0.207. The lowest BCUT2D eigenvalue weighted by Crippen LogP contribution is -2.52. The smallest absolute Gasteiger partial charge is 0.0807 e. The maximum absolute atomic E-state index is 6.34. The van der Waals surface area contributed by atoms with E-state index in [1.54, 1.807) is 0 Å². The summed E-state index contributed by atoms with van der Waals surface area (Å²) >= 11 is 12.5. The minimum atomic E-state index is -0.213. The largest absolute Gasteiger partial charge is 0.374 e. The Bertz CT molecular complexity index is 439. The number of hydrogen-bond acceptors (Lipinski definition) is 2. The van der Waals surface area contributed by atoms with E-state index in [0.29, 0.717) is 16.7 Å². The van der Waals surface area contributed by atoms with E-state index in [0.717, 1.165) is 31.4 Å². The van der Waals surface area contributed by atoms with E-state index in [1.165, 1.54) is 0 Å². The zero-order valence-corrected chi connectivity index (χ0v) is 15.0. The van der Waals surface area contributed by atoms with Crippen LogP contribution in [0.15, 0.2) is 18.2 Å². The molecule has 2 atom stereocenters. The third-order valence-corrected chi connectivity index (χ3v) is 4.87. The molecule has 1 N–H and O–H groups in total. The molecule has 0 amide bonds. The number of halogens is 2. The Morgan fingerprint density at radius 2 is 1.95 bits per heavy atom. The lowest BCUT2D eigenvalue weighted by atomic mass is 9.88. The molecular formula is C17H27Cl2NO. The molecular weight excluding hydrogens is 305 g/mol. The first kappa shape index (κ1) is 18.8. The Labute approximate surface area is 139 Å². The molecule has 2 unspecified atom stereocenters. The molecule has 0 radical (unpaired) electrons. The fraction of sp³-hybridized carbons (Fsp3) is 0.647. The Balaban J connectivity index is 2.99. The first-order valence-corrected chi connectivity index (χ1v) is 8.54. The second-order valence-electron chi connectivity index (χ2n) is 5.52. The molecule has 120 valence electrons. The quantitative estimate of drug-likeness (QED) is 0.678. The van der Waals surface area contributed by atoms with E-state index in [1.807, 2.05) is 25.1 Å². The van der Waals surface area contributed by atoms with Crippen molar-refractivity contribution in [1.29, 1.82) is 0 Å². The molecule has 0 heterocycles. The maximum atomic E-state index is 6.34. The van der Waals surface area contributed by atoms with Crippen LogP contribution in [0.1, 0.15) is 46.1 Å². The molecule has 21 heavy (non-hydrogen) atoms. The molecule has 0 aromatic heterocycles. The van der Waals surface area contributed by atoms with Crippen LogP contribution in [-0.4, -0.2) is 24.8 Å². The van der Waals surface area contributed by atoms with Gasteiger partial charge in [0.1, 0.15) is 0 Å². The molecule has 1 aromatic rings. The van der Waals surface area contributed by atoms with Gasteiger partial charge >= 0.3 is 0 Å². The zero-order chi connectivity index (χ0) is 15.9. The van der Waals surface area contributed by atoms with Crippen LogP contribution in [0.5, 0.6) is 0 Å². The summed E-state index contributed by atoms with van der Waals surface area (Å²) in [5.41, 5.74) is 0.854. The summed E-state index contributed by atoms with van der Waals surface area (Å²) in [5.74, 6) is 0. The summed E-state index contributed by atoms with van der Waals surface area (Å²) in [6.07, 6.45) is 2.84. The number of rotatable bonds is 9. The fourth-order valence-corrected chi connectivity index (χ4v) is 2.92. The van der Waals surface area contributed by atoms with Crippen molar-refractivity contribution in [2.24, 2.45) is 0 Å². The third-order valence-electron chi connectivity index (χ3n) is 4.01. The van der Waals surface area contributed by atoms with Crippen LogP contribution < -0.4 is 5.32 Å². The molecule has 0 fully saturated rings. The van der Waals surface area contributed by atoms with Gasteiger partial charge in [0.25, 0.3) is 0 Å². The van der Waals surface area contributed by atoms with Crippen LogP contribution in [0.2, 0.25) is 10.0 Å². The highest BCUT2D eigenvalue weighted by atomic mass is 35.5. The zero-order valence-electron chi connectivity index (χ0n) is 13.5. The second kappa shape index (κ2) is 8.99. The number of ether oxygens (including phenoxy) is 1. The molecule has 1 rings (SSSR count). The molecule has 0 bridgehead atoms. The van der Waals surface area contributed by atoms with Crippen LogP contribution in [0, 0.1) is 0 Å². The van der Waals surface area contributed by atoms with Crippen LogP contribution in [0.25, 0.3) is 0 Å². The highest BCUT2D eigenvalue weighted by Crippen LogP contribution is 2.30. The van der Waals surface area contributed by atoms with E-state index in [2.05, 4.69) is 26.1 Å². The molecule has 4 heteroatoms. The van der Waals surface area contributed by atoms with Crippen LogP contribution >= 0.6 is 23.2 Å². The number of nitrogens with one attached hydrogen (secondary N) is 1. The molecule has 0 saturated heterocycles. The van der Waals surface area contributed by atoms with E-state index >= 15 is 0 Å². The summed E-state index contributed by atoms with van der Waals surface area (Å²) in [6, 6.07) is 6.02. The van der Waals surface area contributed by atoms with Gasteiger partial charge in [0.2, 0.25) is 0 Å². The Kier molecular flexibility index (Phi) is 8.04. The lowest BCUT2D eigenvalue weighted by Gasteiger charge is -2.38. The van der Waals surface area contributed by atoms with E-state index in [4.69, 9.17) is 27.9 Å². The Morgan fingerprint density at radius 1 is 1.24 bits per heavy atom. The molecule has 1 aromatic carbocycles. The van der Waals surface area contributed by atoms with Gasteiger partial charge in [-0.2, -0.15) is 0 Å². The van der Waals surface area contributed by atoms with Gasteiger partial charge in [-0.1, -0.05) is 49.2 Å². The summed E-state index contributed by atoms with van der Waals surface area (Å²) in [5, 5.41) is 4.87. The van der Waals surface area contributed by atoms with Crippen LogP contribution in [-0.2, 0) is 11.2 Å². The van der Waals surface area contributed by atoms with E-state index in [9.17, 15) is 0 Å². The van der Waals surface area contributed by atoms with Gasteiger partial charge in [-0.3, -0.25) is 0 Å².